The lowest BCUT2D eigenvalue weighted by Gasteiger charge is -2.22. The number of hydrogen-bond donors (Lipinski definition) is 0. The van der Waals surface area contributed by atoms with Crippen molar-refractivity contribution in [1.82, 2.24) is 9.88 Å². The third-order valence-corrected chi connectivity index (χ3v) is 4.81. The second-order valence-corrected chi connectivity index (χ2v) is 7.83. The Morgan fingerprint density at radius 2 is 2.04 bits per heavy atom. The summed E-state index contributed by atoms with van der Waals surface area (Å²) in [5, 5.41) is 2.87. The normalized spacial score (nSPS) is 11.0. The molecule has 0 aliphatic rings. The van der Waals surface area contributed by atoms with E-state index in [1.54, 1.807) is 28.4 Å². The highest BCUT2D eigenvalue weighted by Crippen LogP contribution is 2.18. The van der Waals surface area contributed by atoms with Gasteiger partial charge in [0.15, 0.2) is 5.76 Å². The number of carbonyl (C=O) groups is 1. The van der Waals surface area contributed by atoms with E-state index < -0.39 is 0 Å². The van der Waals surface area contributed by atoms with Crippen molar-refractivity contribution >= 4 is 17.2 Å². The highest BCUT2D eigenvalue weighted by atomic mass is 32.1. The number of nitrogens with zero attached hydrogens (tertiary/aromatic N) is 2. The highest BCUT2D eigenvalue weighted by Gasteiger charge is 2.20. The summed E-state index contributed by atoms with van der Waals surface area (Å²) in [6, 6.07) is 11.4. The maximum absolute atomic E-state index is 12.7. The maximum Gasteiger partial charge on any atom is 0.289 e. The summed E-state index contributed by atoms with van der Waals surface area (Å²) in [6.45, 7) is 7.74. The molecule has 5 nitrogen and oxygen atoms in total. The Labute approximate surface area is 163 Å². The van der Waals surface area contributed by atoms with Gasteiger partial charge in [-0.1, -0.05) is 31.5 Å². The molecule has 0 saturated heterocycles. The van der Waals surface area contributed by atoms with Crippen LogP contribution < -0.4 is 4.74 Å². The van der Waals surface area contributed by atoms with Crippen molar-refractivity contribution in [2.24, 2.45) is 5.92 Å². The fourth-order valence-corrected chi connectivity index (χ4v) is 3.38. The summed E-state index contributed by atoms with van der Waals surface area (Å²) in [4.78, 5) is 19.1. The summed E-state index contributed by atoms with van der Waals surface area (Å²) in [7, 11) is 0. The Hall–Kier alpha value is -2.60. The average Bonchev–Trinajstić information content (AvgIpc) is 3.32. The van der Waals surface area contributed by atoms with Crippen molar-refractivity contribution in [3.05, 3.63) is 70.1 Å². The molecule has 0 spiro atoms. The lowest BCUT2D eigenvalue weighted by atomic mass is 10.2. The van der Waals surface area contributed by atoms with Crippen LogP contribution in [0.2, 0.25) is 0 Å². The zero-order valence-electron chi connectivity index (χ0n) is 15.8. The van der Waals surface area contributed by atoms with E-state index in [4.69, 9.17) is 9.15 Å². The molecule has 2 heterocycles. The van der Waals surface area contributed by atoms with Gasteiger partial charge in [-0.3, -0.25) is 4.79 Å². The third kappa shape index (κ3) is 5.44. The number of furan rings is 1. The highest BCUT2D eigenvalue weighted by molar-refractivity contribution is 7.09. The first-order valence-electron chi connectivity index (χ1n) is 8.97. The van der Waals surface area contributed by atoms with E-state index >= 15 is 0 Å². The predicted molar refractivity (Wildman–Crippen MR) is 106 cm³/mol. The van der Waals surface area contributed by atoms with Crippen LogP contribution in [0.4, 0.5) is 0 Å². The predicted octanol–water partition coefficient (Wildman–Crippen LogP) is 4.92. The molecule has 0 N–H and O–H groups in total. The molecule has 1 aromatic carbocycles. The number of benzene rings is 1. The molecule has 0 aliphatic carbocycles. The van der Waals surface area contributed by atoms with Crippen LogP contribution in [0.25, 0.3) is 0 Å². The van der Waals surface area contributed by atoms with Crippen LogP contribution in [-0.2, 0) is 13.2 Å². The molecule has 2 aromatic heterocycles. The van der Waals surface area contributed by atoms with Gasteiger partial charge in [-0.15, -0.1) is 11.3 Å². The molecule has 0 unspecified atom stereocenters. The number of amides is 1. The summed E-state index contributed by atoms with van der Waals surface area (Å²) in [5.41, 5.74) is 2.06. The minimum absolute atomic E-state index is 0.112. The molecule has 142 valence electrons. The van der Waals surface area contributed by atoms with Crippen LogP contribution in [0.15, 0.2) is 52.5 Å². The Kier molecular flexibility index (Phi) is 6.29. The molecule has 0 fully saturated rings. The molecular weight excluding hydrogens is 360 g/mol. The quantitative estimate of drug-likeness (QED) is 0.553. The minimum Gasteiger partial charge on any atom is -0.486 e. The standard InChI is InChI=1S/C21H24N2O3S/c1-15(2)11-23(21(24)19-5-4-10-25-19)12-17-14-27-20(22-17)13-26-18-8-6-16(3)7-9-18/h4-10,14-15H,11-13H2,1-3H3. The number of thiazole rings is 1. The summed E-state index contributed by atoms with van der Waals surface area (Å²) < 4.78 is 11.1. The fourth-order valence-electron chi connectivity index (χ4n) is 2.68. The van der Waals surface area contributed by atoms with Gasteiger partial charge in [-0.2, -0.15) is 0 Å². The smallest absolute Gasteiger partial charge is 0.289 e. The lowest BCUT2D eigenvalue weighted by molar-refractivity contribution is 0.0688. The van der Waals surface area contributed by atoms with Gasteiger partial charge < -0.3 is 14.1 Å². The van der Waals surface area contributed by atoms with Crippen molar-refractivity contribution in [2.45, 2.75) is 33.9 Å². The zero-order chi connectivity index (χ0) is 19.2. The molecule has 0 aliphatic heterocycles. The Bertz CT molecular complexity index is 854. The number of hydrogen-bond acceptors (Lipinski definition) is 5. The number of aromatic nitrogens is 1. The van der Waals surface area contributed by atoms with Crippen molar-refractivity contribution in [3.63, 3.8) is 0 Å². The van der Waals surface area contributed by atoms with Crippen LogP contribution in [0.5, 0.6) is 5.75 Å². The minimum atomic E-state index is -0.112. The second kappa shape index (κ2) is 8.86. The van der Waals surface area contributed by atoms with Crippen molar-refractivity contribution in [3.8, 4) is 5.75 Å². The van der Waals surface area contributed by atoms with E-state index in [0.717, 1.165) is 16.5 Å². The Morgan fingerprint density at radius 1 is 1.26 bits per heavy atom. The lowest BCUT2D eigenvalue weighted by Crippen LogP contribution is -2.33. The van der Waals surface area contributed by atoms with Gasteiger partial charge in [0.05, 0.1) is 18.5 Å². The summed E-state index contributed by atoms with van der Waals surface area (Å²) >= 11 is 1.54. The number of rotatable bonds is 8. The first-order chi connectivity index (χ1) is 13.0. The van der Waals surface area contributed by atoms with Gasteiger partial charge in [0.1, 0.15) is 17.4 Å². The fraction of sp³-hybridized carbons (Fsp3) is 0.333. The van der Waals surface area contributed by atoms with Crippen LogP contribution in [0, 0.1) is 12.8 Å². The molecule has 0 atom stereocenters. The number of carbonyl (C=O) groups excluding carboxylic acids is 1. The first-order valence-corrected chi connectivity index (χ1v) is 9.84. The molecule has 6 heteroatoms. The average molecular weight is 385 g/mol. The van der Waals surface area contributed by atoms with Crippen LogP contribution in [0.1, 0.15) is 40.7 Å². The van der Waals surface area contributed by atoms with E-state index in [1.807, 2.05) is 36.6 Å². The Balaban J connectivity index is 1.63. The van der Waals surface area contributed by atoms with Gasteiger partial charge >= 0.3 is 0 Å². The van der Waals surface area contributed by atoms with Gasteiger partial charge in [0.2, 0.25) is 0 Å². The zero-order valence-corrected chi connectivity index (χ0v) is 16.7. The second-order valence-electron chi connectivity index (χ2n) is 6.89. The van der Waals surface area contributed by atoms with Gasteiger partial charge in [-0.25, -0.2) is 4.98 Å². The van der Waals surface area contributed by atoms with Gasteiger partial charge in [0.25, 0.3) is 5.91 Å². The first kappa shape index (κ1) is 19.2. The van der Waals surface area contributed by atoms with E-state index in [0.29, 0.717) is 31.4 Å². The largest absolute Gasteiger partial charge is 0.486 e. The van der Waals surface area contributed by atoms with E-state index in [2.05, 4.69) is 18.8 Å². The molecule has 0 bridgehead atoms. The molecule has 3 aromatic rings. The van der Waals surface area contributed by atoms with Crippen LogP contribution in [-0.4, -0.2) is 22.3 Å². The van der Waals surface area contributed by atoms with Crippen LogP contribution in [0.3, 0.4) is 0 Å². The molecule has 27 heavy (non-hydrogen) atoms. The van der Waals surface area contributed by atoms with Gasteiger partial charge in [-0.05, 0) is 37.1 Å². The monoisotopic (exact) mass is 384 g/mol. The maximum atomic E-state index is 12.7. The van der Waals surface area contributed by atoms with Crippen molar-refractivity contribution in [2.75, 3.05) is 6.54 Å². The molecule has 3 rings (SSSR count). The molecular formula is C21H24N2O3S. The van der Waals surface area contributed by atoms with Gasteiger partial charge in [0, 0.05) is 11.9 Å². The topological polar surface area (TPSA) is 55.6 Å². The van der Waals surface area contributed by atoms with E-state index in [1.165, 1.54) is 11.8 Å². The summed E-state index contributed by atoms with van der Waals surface area (Å²) in [5.74, 6) is 1.42. The van der Waals surface area contributed by atoms with E-state index in [-0.39, 0.29) is 5.91 Å². The number of ether oxygens (including phenoxy) is 1. The Morgan fingerprint density at radius 3 is 2.70 bits per heavy atom. The molecule has 0 radical (unpaired) electrons. The molecule has 1 amide bonds. The third-order valence-electron chi connectivity index (χ3n) is 3.94. The van der Waals surface area contributed by atoms with Crippen molar-refractivity contribution < 1.29 is 13.9 Å². The number of aryl methyl sites for hydroxylation is 1. The SMILES string of the molecule is Cc1ccc(OCc2nc(CN(CC(C)C)C(=O)c3ccco3)cs2)cc1. The van der Waals surface area contributed by atoms with Crippen LogP contribution >= 0.6 is 11.3 Å². The summed E-state index contributed by atoms with van der Waals surface area (Å²) in [6.07, 6.45) is 1.52. The van der Waals surface area contributed by atoms with E-state index in [9.17, 15) is 4.79 Å². The molecule has 0 saturated carbocycles. The van der Waals surface area contributed by atoms with Crippen molar-refractivity contribution in [1.29, 1.82) is 0 Å².